The molecule has 0 fully saturated rings. The van der Waals surface area contributed by atoms with Gasteiger partial charge in [0.1, 0.15) is 16.2 Å². The number of aryl methyl sites for hydroxylation is 1. The van der Waals surface area contributed by atoms with Crippen molar-refractivity contribution in [3.8, 4) is 6.07 Å². The standard InChI is InChI=1S/C18H22N4OS2/c1-11-5-6-13-14(9-11)25-17-15(13)16(20-10-21-17)24-12(2)18(23)22(3)8-4-7-19/h10-12H,4-6,8-9H2,1-3H3/t11-,12+/m0/s1. The summed E-state index contributed by atoms with van der Waals surface area (Å²) in [5, 5.41) is 10.5. The van der Waals surface area contributed by atoms with Gasteiger partial charge in [-0.15, -0.1) is 11.3 Å². The molecule has 2 atom stereocenters. The summed E-state index contributed by atoms with van der Waals surface area (Å²) in [6.07, 6.45) is 5.34. The predicted molar refractivity (Wildman–Crippen MR) is 102 cm³/mol. The Hall–Kier alpha value is -1.65. The molecule has 3 rings (SSSR count). The maximum atomic E-state index is 12.5. The maximum absolute atomic E-state index is 12.5. The highest BCUT2D eigenvalue weighted by Crippen LogP contribution is 2.41. The maximum Gasteiger partial charge on any atom is 0.235 e. The van der Waals surface area contributed by atoms with Crippen LogP contribution in [0.2, 0.25) is 0 Å². The van der Waals surface area contributed by atoms with Crippen molar-refractivity contribution in [1.29, 1.82) is 5.26 Å². The average molecular weight is 375 g/mol. The summed E-state index contributed by atoms with van der Waals surface area (Å²) >= 11 is 3.28. The summed E-state index contributed by atoms with van der Waals surface area (Å²) in [6.45, 7) is 4.67. The predicted octanol–water partition coefficient (Wildman–Crippen LogP) is 3.67. The molecule has 132 valence electrons. The molecule has 0 aliphatic heterocycles. The highest BCUT2D eigenvalue weighted by molar-refractivity contribution is 8.00. The fourth-order valence-electron chi connectivity index (χ4n) is 3.19. The van der Waals surface area contributed by atoms with Crippen LogP contribution < -0.4 is 0 Å². The quantitative estimate of drug-likeness (QED) is 0.590. The largest absolute Gasteiger partial charge is 0.344 e. The number of aromatic nitrogens is 2. The van der Waals surface area contributed by atoms with Gasteiger partial charge in [0.05, 0.1) is 17.7 Å². The SMILES string of the molecule is C[C@H]1CCc2c(sc3ncnc(S[C@H](C)C(=O)N(C)CCC#N)c23)C1. The van der Waals surface area contributed by atoms with Gasteiger partial charge in [-0.2, -0.15) is 5.26 Å². The second kappa shape index (κ2) is 7.71. The number of amides is 1. The molecule has 0 aromatic carbocycles. The molecular formula is C18H22N4OS2. The van der Waals surface area contributed by atoms with E-state index in [0.29, 0.717) is 13.0 Å². The summed E-state index contributed by atoms with van der Waals surface area (Å²) < 4.78 is 0. The molecule has 0 saturated heterocycles. The van der Waals surface area contributed by atoms with E-state index in [1.807, 2.05) is 6.92 Å². The number of nitriles is 1. The van der Waals surface area contributed by atoms with Crippen molar-refractivity contribution in [2.75, 3.05) is 13.6 Å². The van der Waals surface area contributed by atoms with E-state index in [9.17, 15) is 4.79 Å². The van der Waals surface area contributed by atoms with Crippen molar-refractivity contribution in [2.45, 2.75) is 49.8 Å². The van der Waals surface area contributed by atoms with Gasteiger partial charge in [-0.05, 0) is 37.7 Å². The first-order valence-electron chi connectivity index (χ1n) is 8.55. The van der Waals surface area contributed by atoms with E-state index in [2.05, 4.69) is 23.0 Å². The van der Waals surface area contributed by atoms with Gasteiger partial charge in [-0.25, -0.2) is 9.97 Å². The van der Waals surface area contributed by atoms with Crippen molar-refractivity contribution in [3.63, 3.8) is 0 Å². The first kappa shape index (κ1) is 18.2. The third kappa shape index (κ3) is 3.80. The van der Waals surface area contributed by atoms with Crippen molar-refractivity contribution in [2.24, 2.45) is 5.92 Å². The van der Waals surface area contributed by atoms with E-state index in [-0.39, 0.29) is 11.2 Å². The fraction of sp³-hybridized carbons (Fsp3) is 0.556. The van der Waals surface area contributed by atoms with E-state index >= 15 is 0 Å². The van der Waals surface area contributed by atoms with Gasteiger partial charge >= 0.3 is 0 Å². The summed E-state index contributed by atoms with van der Waals surface area (Å²) in [7, 11) is 1.75. The lowest BCUT2D eigenvalue weighted by Gasteiger charge is -2.20. The Balaban J connectivity index is 1.84. The number of thioether (sulfide) groups is 1. The molecule has 0 saturated carbocycles. The lowest BCUT2D eigenvalue weighted by atomic mass is 9.89. The van der Waals surface area contributed by atoms with Gasteiger partial charge in [0.2, 0.25) is 5.91 Å². The van der Waals surface area contributed by atoms with Gasteiger partial charge in [-0.1, -0.05) is 18.7 Å². The van der Waals surface area contributed by atoms with Crippen LogP contribution >= 0.6 is 23.1 Å². The van der Waals surface area contributed by atoms with Crippen molar-refractivity contribution >= 4 is 39.2 Å². The zero-order valence-corrected chi connectivity index (χ0v) is 16.4. The first-order valence-corrected chi connectivity index (χ1v) is 10.2. The fourth-order valence-corrected chi connectivity index (χ4v) is 5.67. The van der Waals surface area contributed by atoms with Crippen LogP contribution in [0.3, 0.4) is 0 Å². The van der Waals surface area contributed by atoms with Crippen LogP contribution in [-0.4, -0.2) is 39.6 Å². The Kier molecular flexibility index (Phi) is 5.60. The lowest BCUT2D eigenvalue weighted by Crippen LogP contribution is -2.33. The molecule has 2 aromatic rings. The molecule has 1 aliphatic carbocycles. The topological polar surface area (TPSA) is 69.9 Å². The van der Waals surface area contributed by atoms with E-state index in [1.165, 1.54) is 28.6 Å². The first-order chi connectivity index (χ1) is 12.0. The Morgan fingerprint density at radius 3 is 3.12 bits per heavy atom. The molecule has 0 radical (unpaired) electrons. The number of rotatable bonds is 5. The lowest BCUT2D eigenvalue weighted by molar-refractivity contribution is -0.128. The zero-order chi connectivity index (χ0) is 18.0. The molecule has 7 heteroatoms. The number of hydrogen-bond donors (Lipinski definition) is 0. The van der Waals surface area contributed by atoms with Crippen LogP contribution in [0.4, 0.5) is 0 Å². The molecule has 0 bridgehead atoms. The minimum absolute atomic E-state index is 0.0322. The number of nitrogens with zero attached hydrogens (tertiary/aromatic N) is 4. The molecule has 1 amide bonds. The van der Waals surface area contributed by atoms with Gasteiger partial charge in [0.25, 0.3) is 0 Å². The number of carbonyl (C=O) groups is 1. The van der Waals surface area contributed by atoms with Crippen LogP contribution in [-0.2, 0) is 17.6 Å². The van der Waals surface area contributed by atoms with Crippen LogP contribution in [0.5, 0.6) is 0 Å². The molecular weight excluding hydrogens is 352 g/mol. The Morgan fingerprint density at radius 2 is 2.36 bits per heavy atom. The summed E-state index contributed by atoms with van der Waals surface area (Å²) in [5.74, 6) is 0.753. The molecule has 2 aromatic heterocycles. The van der Waals surface area contributed by atoms with Crippen LogP contribution in [0.25, 0.3) is 10.2 Å². The highest BCUT2D eigenvalue weighted by Gasteiger charge is 2.25. The summed E-state index contributed by atoms with van der Waals surface area (Å²) in [6, 6.07) is 2.08. The van der Waals surface area contributed by atoms with Gasteiger partial charge < -0.3 is 4.90 Å². The number of hydrogen-bond acceptors (Lipinski definition) is 6. The van der Waals surface area contributed by atoms with E-state index < -0.39 is 0 Å². The Morgan fingerprint density at radius 1 is 1.56 bits per heavy atom. The zero-order valence-electron chi connectivity index (χ0n) is 14.8. The van der Waals surface area contributed by atoms with Crippen LogP contribution in [0.15, 0.2) is 11.4 Å². The number of carbonyl (C=O) groups excluding carboxylic acids is 1. The number of fused-ring (bicyclic) bond motifs is 3. The van der Waals surface area contributed by atoms with Crippen molar-refractivity contribution < 1.29 is 4.79 Å². The smallest absolute Gasteiger partial charge is 0.235 e. The van der Waals surface area contributed by atoms with Gasteiger partial charge in [0.15, 0.2) is 0 Å². The molecule has 2 heterocycles. The Labute approximate surface area is 156 Å². The molecule has 0 spiro atoms. The van der Waals surface area contributed by atoms with E-state index in [0.717, 1.165) is 34.0 Å². The minimum atomic E-state index is -0.236. The molecule has 0 unspecified atom stereocenters. The second-order valence-electron chi connectivity index (χ2n) is 6.64. The third-order valence-electron chi connectivity index (χ3n) is 4.63. The van der Waals surface area contributed by atoms with Gasteiger partial charge in [0, 0.05) is 23.9 Å². The molecule has 25 heavy (non-hydrogen) atoms. The number of thiophene rings is 1. The van der Waals surface area contributed by atoms with E-state index in [4.69, 9.17) is 5.26 Å². The summed E-state index contributed by atoms with van der Waals surface area (Å²) in [4.78, 5) is 25.6. The Bertz CT molecular complexity index is 826. The highest BCUT2D eigenvalue weighted by atomic mass is 32.2. The average Bonchev–Trinajstić information content (AvgIpc) is 2.97. The molecule has 5 nitrogen and oxygen atoms in total. The van der Waals surface area contributed by atoms with Crippen LogP contribution in [0.1, 0.15) is 37.1 Å². The van der Waals surface area contributed by atoms with Crippen LogP contribution in [0, 0.1) is 17.2 Å². The second-order valence-corrected chi connectivity index (χ2v) is 9.05. The third-order valence-corrected chi connectivity index (χ3v) is 6.88. The van der Waals surface area contributed by atoms with Gasteiger partial charge in [-0.3, -0.25) is 4.79 Å². The minimum Gasteiger partial charge on any atom is -0.344 e. The van der Waals surface area contributed by atoms with Crippen molar-refractivity contribution in [1.82, 2.24) is 14.9 Å². The molecule has 1 aliphatic rings. The molecule has 0 N–H and O–H groups in total. The normalized spacial score (nSPS) is 17.8. The van der Waals surface area contributed by atoms with Crippen molar-refractivity contribution in [3.05, 3.63) is 16.8 Å². The summed E-state index contributed by atoms with van der Waals surface area (Å²) in [5.41, 5.74) is 1.39. The van der Waals surface area contributed by atoms with E-state index in [1.54, 1.807) is 29.6 Å². The monoisotopic (exact) mass is 374 g/mol.